The fraction of sp³-hybridized carbons (Fsp3) is 0.455. The summed E-state index contributed by atoms with van der Waals surface area (Å²) in [6, 6.07) is 8.43. The van der Waals surface area contributed by atoms with E-state index in [-0.39, 0.29) is 0 Å². The largest absolute Gasteiger partial charge is 0.0891 e. The van der Waals surface area contributed by atoms with Crippen molar-refractivity contribution >= 4 is 31.9 Å². The fourth-order valence-corrected chi connectivity index (χ4v) is 1.93. The Balaban J connectivity index is 2.50. The molecule has 0 aliphatic heterocycles. The molecule has 1 unspecified atom stereocenters. The number of hydrogen-bond acceptors (Lipinski definition) is 0. The van der Waals surface area contributed by atoms with E-state index in [1.807, 2.05) is 0 Å². The summed E-state index contributed by atoms with van der Waals surface area (Å²) in [5.74, 6) is 0. The zero-order chi connectivity index (χ0) is 9.68. The molecular weight excluding hydrogens is 292 g/mol. The van der Waals surface area contributed by atoms with Crippen LogP contribution in [-0.2, 0) is 6.42 Å². The highest BCUT2D eigenvalue weighted by atomic mass is 79.9. The molecule has 0 spiro atoms. The molecule has 0 aromatic heterocycles. The second-order valence-electron chi connectivity index (χ2n) is 3.14. The van der Waals surface area contributed by atoms with Gasteiger partial charge in [0.05, 0.1) is 0 Å². The lowest BCUT2D eigenvalue weighted by molar-refractivity contribution is 0.745. The minimum Gasteiger partial charge on any atom is -0.0891 e. The number of aryl methyl sites for hydroxylation is 1. The Morgan fingerprint density at radius 1 is 1.31 bits per heavy atom. The van der Waals surface area contributed by atoms with E-state index in [2.05, 4.69) is 63.0 Å². The molecule has 0 saturated heterocycles. The third-order valence-corrected chi connectivity index (χ3v) is 4.01. The van der Waals surface area contributed by atoms with Gasteiger partial charge < -0.3 is 0 Å². The number of alkyl halides is 1. The molecule has 0 N–H and O–H groups in total. The van der Waals surface area contributed by atoms with E-state index >= 15 is 0 Å². The van der Waals surface area contributed by atoms with E-state index in [0.717, 1.165) is 6.42 Å². The molecule has 1 aromatic carbocycles. The maximum absolute atomic E-state index is 3.64. The van der Waals surface area contributed by atoms with Crippen LogP contribution in [0, 0.1) is 0 Å². The zero-order valence-corrected chi connectivity index (χ0v) is 10.9. The van der Waals surface area contributed by atoms with Crippen LogP contribution >= 0.6 is 31.9 Å². The first-order chi connectivity index (χ1) is 6.24. The maximum atomic E-state index is 3.64. The zero-order valence-electron chi connectivity index (χ0n) is 7.76. The summed E-state index contributed by atoms with van der Waals surface area (Å²) >= 11 is 7.20. The smallest absolute Gasteiger partial charge is 0.0207 e. The summed E-state index contributed by atoms with van der Waals surface area (Å²) in [5, 5.41) is 0. The van der Waals surface area contributed by atoms with Gasteiger partial charge in [-0.15, -0.1) is 0 Å². The van der Waals surface area contributed by atoms with E-state index < -0.39 is 0 Å². The molecule has 0 radical (unpaired) electrons. The van der Waals surface area contributed by atoms with Crippen molar-refractivity contribution < 1.29 is 0 Å². The molecule has 72 valence electrons. The number of halogens is 2. The molecular formula is C11H14Br2. The highest BCUT2D eigenvalue weighted by Gasteiger charge is 2.03. The SMILES string of the molecule is CCC(Br)CCc1ccccc1Br. The minimum absolute atomic E-state index is 0.652. The lowest BCUT2D eigenvalue weighted by Crippen LogP contribution is -1.98. The normalized spacial score (nSPS) is 12.8. The van der Waals surface area contributed by atoms with E-state index in [4.69, 9.17) is 0 Å². The van der Waals surface area contributed by atoms with E-state index in [1.54, 1.807) is 0 Å². The van der Waals surface area contributed by atoms with Crippen molar-refractivity contribution in [2.75, 3.05) is 0 Å². The number of benzene rings is 1. The monoisotopic (exact) mass is 304 g/mol. The van der Waals surface area contributed by atoms with Crippen molar-refractivity contribution in [3.63, 3.8) is 0 Å². The van der Waals surface area contributed by atoms with Crippen LogP contribution in [-0.4, -0.2) is 4.83 Å². The van der Waals surface area contributed by atoms with Gasteiger partial charge in [-0.05, 0) is 30.9 Å². The summed E-state index contributed by atoms with van der Waals surface area (Å²) in [6.45, 7) is 2.21. The average Bonchev–Trinajstić information content (AvgIpc) is 2.16. The Kier molecular flexibility index (Phi) is 5.04. The summed E-state index contributed by atoms with van der Waals surface area (Å²) in [5.41, 5.74) is 1.40. The summed E-state index contributed by atoms with van der Waals surface area (Å²) < 4.78 is 1.23. The van der Waals surface area contributed by atoms with Gasteiger partial charge in [-0.2, -0.15) is 0 Å². The fourth-order valence-electron chi connectivity index (χ4n) is 1.22. The van der Waals surface area contributed by atoms with Gasteiger partial charge in [0.1, 0.15) is 0 Å². The Hall–Kier alpha value is 0.180. The topological polar surface area (TPSA) is 0 Å². The minimum atomic E-state index is 0.652. The molecule has 13 heavy (non-hydrogen) atoms. The van der Waals surface area contributed by atoms with Crippen LogP contribution in [0.4, 0.5) is 0 Å². The van der Waals surface area contributed by atoms with Crippen LogP contribution in [0.3, 0.4) is 0 Å². The van der Waals surface area contributed by atoms with Crippen LogP contribution in [0.5, 0.6) is 0 Å². The van der Waals surface area contributed by atoms with Crippen molar-refractivity contribution in [1.29, 1.82) is 0 Å². The first-order valence-corrected chi connectivity index (χ1v) is 6.32. The molecule has 0 aliphatic rings. The van der Waals surface area contributed by atoms with E-state index in [9.17, 15) is 0 Å². The molecule has 0 aliphatic carbocycles. The molecule has 1 aromatic rings. The van der Waals surface area contributed by atoms with Crippen LogP contribution in [0.2, 0.25) is 0 Å². The highest BCUT2D eigenvalue weighted by molar-refractivity contribution is 9.10. The van der Waals surface area contributed by atoms with Crippen molar-refractivity contribution in [3.05, 3.63) is 34.3 Å². The van der Waals surface area contributed by atoms with Crippen molar-refractivity contribution in [2.45, 2.75) is 31.0 Å². The molecule has 2 heteroatoms. The third-order valence-electron chi connectivity index (χ3n) is 2.13. The first kappa shape index (κ1) is 11.3. The summed E-state index contributed by atoms with van der Waals surface area (Å²) in [4.78, 5) is 0.652. The lowest BCUT2D eigenvalue weighted by Gasteiger charge is -2.07. The quantitative estimate of drug-likeness (QED) is 0.716. The standard InChI is InChI=1S/C11H14Br2/c1-2-10(12)8-7-9-5-3-4-6-11(9)13/h3-6,10H,2,7-8H2,1H3. The number of hydrogen-bond donors (Lipinski definition) is 0. The molecule has 0 fully saturated rings. The Labute approximate surface area is 97.0 Å². The van der Waals surface area contributed by atoms with Crippen LogP contribution < -0.4 is 0 Å². The van der Waals surface area contributed by atoms with E-state index in [0.29, 0.717) is 4.83 Å². The Bertz CT molecular complexity index is 258. The van der Waals surface area contributed by atoms with Crippen molar-refractivity contribution in [3.8, 4) is 0 Å². The lowest BCUT2D eigenvalue weighted by atomic mass is 10.1. The Morgan fingerprint density at radius 2 is 2.00 bits per heavy atom. The average molecular weight is 306 g/mol. The second kappa shape index (κ2) is 5.82. The van der Waals surface area contributed by atoms with Gasteiger partial charge in [0.15, 0.2) is 0 Å². The molecule has 1 atom stereocenters. The highest BCUT2D eigenvalue weighted by Crippen LogP contribution is 2.20. The predicted octanol–water partition coefficient (Wildman–Crippen LogP) is 4.56. The maximum Gasteiger partial charge on any atom is 0.0207 e. The van der Waals surface area contributed by atoms with Crippen LogP contribution in [0.15, 0.2) is 28.7 Å². The molecule has 0 nitrogen and oxygen atoms in total. The van der Waals surface area contributed by atoms with Crippen molar-refractivity contribution in [1.82, 2.24) is 0 Å². The van der Waals surface area contributed by atoms with Gasteiger partial charge >= 0.3 is 0 Å². The van der Waals surface area contributed by atoms with Crippen molar-refractivity contribution in [2.24, 2.45) is 0 Å². The van der Waals surface area contributed by atoms with Gasteiger partial charge in [0.25, 0.3) is 0 Å². The van der Waals surface area contributed by atoms with E-state index in [1.165, 1.54) is 22.9 Å². The third kappa shape index (κ3) is 3.82. The van der Waals surface area contributed by atoms with Crippen LogP contribution in [0.1, 0.15) is 25.3 Å². The summed E-state index contributed by atoms with van der Waals surface area (Å²) in [7, 11) is 0. The molecule has 0 heterocycles. The first-order valence-electron chi connectivity index (χ1n) is 4.61. The number of rotatable bonds is 4. The van der Waals surface area contributed by atoms with Gasteiger partial charge in [-0.3, -0.25) is 0 Å². The van der Waals surface area contributed by atoms with Gasteiger partial charge in [-0.25, -0.2) is 0 Å². The second-order valence-corrected chi connectivity index (χ2v) is 5.28. The predicted molar refractivity (Wildman–Crippen MR) is 65.5 cm³/mol. The molecule has 0 saturated carbocycles. The van der Waals surface area contributed by atoms with Gasteiger partial charge in [0, 0.05) is 9.30 Å². The van der Waals surface area contributed by atoms with Gasteiger partial charge in [0.2, 0.25) is 0 Å². The van der Waals surface area contributed by atoms with Crippen LogP contribution in [0.25, 0.3) is 0 Å². The molecule has 1 rings (SSSR count). The Morgan fingerprint density at radius 3 is 2.62 bits per heavy atom. The van der Waals surface area contributed by atoms with Gasteiger partial charge in [-0.1, -0.05) is 57.0 Å². The summed E-state index contributed by atoms with van der Waals surface area (Å²) in [6.07, 6.45) is 3.55. The molecule has 0 amide bonds. The molecule has 0 bridgehead atoms.